The van der Waals surface area contributed by atoms with E-state index in [0.29, 0.717) is 0 Å². The van der Waals surface area contributed by atoms with E-state index < -0.39 is 40.2 Å². The molecule has 98 valence electrons. The lowest BCUT2D eigenvalue weighted by molar-refractivity contribution is -0.165. The van der Waals surface area contributed by atoms with Crippen molar-refractivity contribution in [2.45, 2.75) is 12.8 Å². The van der Waals surface area contributed by atoms with Gasteiger partial charge in [-0.3, -0.25) is 9.59 Å². The summed E-state index contributed by atoms with van der Waals surface area (Å²) in [6.45, 7) is -0.945. The number of aliphatic hydroxyl groups is 2. The molecule has 1 saturated heterocycles. The van der Waals surface area contributed by atoms with Crippen molar-refractivity contribution in [3.63, 3.8) is 0 Å². The number of carbonyl (C=O) groups excluding carboxylic acids is 2. The molecule has 1 aliphatic rings. The smallest absolute Gasteiger partial charge is 0.290 e. The standard InChI is InChI=1S/C8H13NO7S/c10-2-1-6-5-7(12)9(8(6)13)16-17(14,15)4-3-11/h6,10-11H,1-5H2. The zero-order valence-corrected chi connectivity index (χ0v) is 9.72. The van der Waals surface area contributed by atoms with Crippen molar-refractivity contribution in [3.05, 3.63) is 0 Å². The maximum absolute atomic E-state index is 11.5. The monoisotopic (exact) mass is 267 g/mol. The van der Waals surface area contributed by atoms with E-state index >= 15 is 0 Å². The van der Waals surface area contributed by atoms with Crippen LogP contribution in [0.5, 0.6) is 0 Å². The Morgan fingerprint density at radius 1 is 1.29 bits per heavy atom. The second kappa shape index (κ2) is 5.54. The fraction of sp³-hybridized carbons (Fsp3) is 0.750. The second-order valence-electron chi connectivity index (χ2n) is 3.50. The summed E-state index contributed by atoms with van der Waals surface area (Å²) in [5.74, 6) is -3.01. The van der Waals surface area contributed by atoms with Crippen LogP contribution in [0.1, 0.15) is 12.8 Å². The highest BCUT2D eigenvalue weighted by atomic mass is 32.2. The molecule has 0 aromatic heterocycles. The highest BCUT2D eigenvalue weighted by Gasteiger charge is 2.41. The van der Waals surface area contributed by atoms with Gasteiger partial charge in [-0.2, -0.15) is 8.42 Å². The van der Waals surface area contributed by atoms with Crippen molar-refractivity contribution in [1.82, 2.24) is 5.06 Å². The molecule has 0 aliphatic carbocycles. The van der Waals surface area contributed by atoms with Gasteiger partial charge < -0.3 is 10.2 Å². The zero-order valence-electron chi connectivity index (χ0n) is 8.90. The van der Waals surface area contributed by atoms with Crippen LogP contribution >= 0.6 is 0 Å². The molecule has 1 unspecified atom stereocenters. The van der Waals surface area contributed by atoms with Crippen LogP contribution in [0.4, 0.5) is 0 Å². The first-order chi connectivity index (χ1) is 7.91. The van der Waals surface area contributed by atoms with Crippen molar-refractivity contribution < 1.29 is 32.5 Å². The number of rotatable bonds is 6. The molecule has 0 saturated carbocycles. The van der Waals surface area contributed by atoms with Gasteiger partial charge in [-0.25, -0.2) is 0 Å². The van der Waals surface area contributed by atoms with E-state index in [-0.39, 0.29) is 24.5 Å². The summed E-state index contributed by atoms with van der Waals surface area (Å²) >= 11 is 0. The first-order valence-electron chi connectivity index (χ1n) is 4.92. The molecular formula is C8H13NO7S. The number of hydrogen-bond donors (Lipinski definition) is 2. The van der Waals surface area contributed by atoms with Gasteiger partial charge in [-0.15, -0.1) is 9.35 Å². The van der Waals surface area contributed by atoms with Crippen molar-refractivity contribution in [3.8, 4) is 0 Å². The Bertz CT molecular complexity index is 404. The quantitative estimate of drug-likeness (QED) is 0.534. The average molecular weight is 267 g/mol. The van der Waals surface area contributed by atoms with Crippen LogP contribution < -0.4 is 0 Å². The lowest BCUT2D eigenvalue weighted by atomic mass is 10.1. The maximum Gasteiger partial charge on any atom is 0.290 e. The summed E-state index contributed by atoms with van der Waals surface area (Å²) in [5.41, 5.74) is 0. The van der Waals surface area contributed by atoms with Crippen molar-refractivity contribution in [2.24, 2.45) is 5.92 Å². The van der Waals surface area contributed by atoms with Crippen molar-refractivity contribution in [2.75, 3.05) is 19.0 Å². The average Bonchev–Trinajstić information content (AvgIpc) is 2.46. The van der Waals surface area contributed by atoms with Crippen LogP contribution in [-0.2, 0) is 24.0 Å². The molecule has 1 rings (SSSR count). The van der Waals surface area contributed by atoms with Crippen LogP contribution in [0, 0.1) is 5.92 Å². The third-order valence-corrected chi connectivity index (χ3v) is 3.26. The predicted molar refractivity (Wildman–Crippen MR) is 53.6 cm³/mol. The molecule has 0 radical (unpaired) electrons. The highest BCUT2D eigenvalue weighted by molar-refractivity contribution is 7.86. The van der Waals surface area contributed by atoms with Gasteiger partial charge in [0.1, 0.15) is 5.75 Å². The van der Waals surface area contributed by atoms with Gasteiger partial charge >= 0.3 is 0 Å². The fourth-order valence-corrected chi connectivity index (χ4v) is 2.07. The summed E-state index contributed by atoms with van der Waals surface area (Å²) < 4.78 is 26.6. The maximum atomic E-state index is 11.5. The number of carbonyl (C=O) groups is 2. The minimum absolute atomic E-state index is 0.0739. The Morgan fingerprint density at radius 2 is 1.94 bits per heavy atom. The van der Waals surface area contributed by atoms with E-state index in [4.69, 9.17) is 10.2 Å². The van der Waals surface area contributed by atoms with E-state index in [9.17, 15) is 18.0 Å². The molecule has 1 aliphatic heterocycles. The van der Waals surface area contributed by atoms with Crippen LogP contribution in [0.15, 0.2) is 0 Å². The molecule has 17 heavy (non-hydrogen) atoms. The molecule has 0 aromatic carbocycles. The summed E-state index contributed by atoms with van der Waals surface area (Å²) in [7, 11) is -4.15. The molecule has 8 nitrogen and oxygen atoms in total. The van der Waals surface area contributed by atoms with E-state index in [1.807, 2.05) is 0 Å². The number of aliphatic hydroxyl groups excluding tert-OH is 2. The zero-order chi connectivity index (χ0) is 13.1. The number of nitrogens with zero attached hydrogens (tertiary/aromatic N) is 1. The van der Waals surface area contributed by atoms with Crippen LogP contribution in [0.2, 0.25) is 0 Å². The van der Waals surface area contributed by atoms with Gasteiger partial charge in [0, 0.05) is 13.0 Å². The Morgan fingerprint density at radius 3 is 2.47 bits per heavy atom. The van der Waals surface area contributed by atoms with Crippen molar-refractivity contribution >= 4 is 21.9 Å². The summed E-state index contributed by atoms with van der Waals surface area (Å²) in [6.07, 6.45) is -0.113. The summed E-state index contributed by atoms with van der Waals surface area (Å²) in [6, 6.07) is 0. The SMILES string of the molecule is O=C1CC(CCO)C(=O)N1OS(=O)(=O)CCO. The highest BCUT2D eigenvalue weighted by Crippen LogP contribution is 2.23. The Kier molecular flexibility index (Phi) is 4.57. The first-order valence-corrected chi connectivity index (χ1v) is 6.50. The third-order valence-electron chi connectivity index (χ3n) is 2.20. The van der Waals surface area contributed by atoms with Gasteiger partial charge in [0.05, 0.1) is 12.5 Å². The predicted octanol–water partition coefficient (Wildman–Crippen LogP) is -2.00. The molecule has 1 atom stereocenters. The third kappa shape index (κ3) is 3.46. The van der Waals surface area contributed by atoms with E-state index in [0.717, 1.165) is 0 Å². The molecule has 2 amide bonds. The molecule has 0 aromatic rings. The van der Waals surface area contributed by atoms with Gasteiger partial charge in [-0.1, -0.05) is 0 Å². The summed E-state index contributed by atoms with van der Waals surface area (Å²) in [5, 5.41) is 17.3. The lowest BCUT2D eigenvalue weighted by Gasteiger charge is -2.13. The number of hydroxylamine groups is 2. The van der Waals surface area contributed by atoms with Gasteiger partial charge in [-0.05, 0) is 6.42 Å². The second-order valence-corrected chi connectivity index (χ2v) is 5.17. The van der Waals surface area contributed by atoms with E-state index in [1.54, 1.807) is 0 Å². The topological polar surface area (TPSA) is 121 Å². The Balaban J connectivity index is 2.72. The lowest BCUT2D eigenvalue weighted by Crippen LogP contribution is -2.34. The van der Waals surface area contributed by atoms with Crippen LogP contribution in [0.3, 0.4) is 0 Å². The van der Waals surface area contributed by atoms with Crippen LogP contribution in [0.25, 0.3) is 0 Å². The van der Waals surface area contributed by atoms with Crippen molar-refractivity contribution in [1.29, 1.82) is 0 Å². The van der Waals surface area contributed by atoms with E-state index in [2.05, 4.69) is 4.28 Å². The fourth-order valence-electron chi connectivity index (χ4n) is 1.39. The minimum Gasteiger partial charge on any atom is -0.396 e. The number of hydrogen-bond acceptors (Lipinski definition) is 7. The first kappa shape index (κ1) is 14.0. The molecule has 1 fully saturated rings. The molecule has 2 N–H and O–H groups in total. The molecule has 9 heteroatoms. The van der Waals surface area contributed by atoms with Gasteiger partial charge in [0.2, 0.25) is 0 Å². The number of amides is 2. The Labute approximate surface area is 97.9 Å². The largest absolute Gasteiger partial charge is 0.396 e. The van der Waals surface area contributed by atoms with Gasteiger partial charge in [0.15, 0.2) is 0 Å². The molecule has 1 heterocycles. The van der Waals surface area contributed by atoms with E-state index in [1.165, 1.54) is 0 Å². The minimum atomic E-state index is -4.15. The molecular weight excluding hydrogens is 254 g/mol. The number of imide groups is 1. The summed E-state index contributed by atoms with van der Waals surface area (Å²) in [4.78, 5) is 22.9. The van der Waals surface area contributed by atoms with Gasteiger partial charge in [0.25, 0.3) is 21.9 Å². The Hall–Kier alpha value is -1.03. The normalized spacial score (nSPS) is 21.3. The molecule has 0 spiro atoms. The van der Waals surface area contributed by atoms with Crippen LogP contribution in [-0.4, -0.2) is 54.5 Å². The molecule has 0 bridgehead atoms.